The number of aromatic nitrogens is 4. The van der Waals surface area contributed by atoms with Gasteiger partial charge < -0.3 is 4.57 Å². The molecule has 0 N–H and O–H groups in total. The van der Waals surface area contributed by atoms with Gasteiger partial charge in [0.15, 0.2) is 0 Å². The van der Waals surface area contributed by atoms with Gasteiger partial charge in [0, 0.05) is 43.2 Å². The normalized spacial score (nSPS) is 11.8. The fraction of sp³-hybridized carbons (Fsp3) is 0. The van der Waals surface area contributed by atoms with E-state index in [0.717, 1.165) is 60.3 Å². The Hall–Kier alpha value is -8.12. The van der Waals surface area contributed by atoms with Gasteiger partial charge in [-0.1, -0.05) is 170 Å². The smallest absolute Gasteiger partial charge is 0.235 e. The molecule has 5 heteroatoms. The van der Waals surface area contributed by atoms with Crippen LogP contribution in [0.2, 0.25) is 0 Å². The minimum Gasteiger partial charge on any atom is -0.309 e. The van der Waals surface area contributed by atoms with E-state index in [0.29, 0.717) is 5.95 Å². The van der Waals surface area contributed by atoms with Crippen molar-refractivity contribution >= 4 is 75.9 Å². The summed E-state index contributed by atoms with van der Waals surface area (Å²) in [5.41, 5.74) is 14.4. The lowest BCUT2D eigenvalue weighted by Gasteiger charge is -2.11. The molecule has 9 aromatic carbocycles. The van der Waals surface area contributed by atoms with E-state index in [1.54, 1.807) is 11.3 Å². The van der Waals surface area contributed by atoms with Crippen LogP contribution >= 0.6 is 11.3 Å². The van der Waals surface area contributed by atoms with E-state index >= 15 is 0 Å². The zero-order valence-electron chi connectivity index (χ0n) is 34.0. The monoisotopic (exact) mass is 820 g/mol. The minimum atomic E-state index is 0.647. The molecular formula is C58H36N4S. The summed E-state index contributed by atoms with van der Waals surface area (Å²) in [5.74, 6) is 0.647. The highest BCUT2D eigenvalue weighted by atomic mass is 32.1. The maximum absolute atomic E-state index is 5.64. The van der Waals surface area contributed by atoms with Gasteiger partial charge in [0.2, 0.25) is 5.95 Å². The van der Waals surface area contributed by atoms with E-state index in [1.165, 1.54) is 54.0 Å². The van der Waals surface area contributed by atoms with E-state index in [2.05, 4.69) is 228 Å². The Balaban J connectivity index is 1.09. The van der Waals surface area contributed by atoms with Crippen LogP contribution < -0.4 is 0 Å². The molecule has 13 aromatic rings. The van der Waals surface area contributed by atoms with Gasteiger partial charge in [0.05, 0.1) is 38.0 Å². The van der Waals surface area contributed by atoms with Crippen molar-refractivity contribution in [2.24, 2.45) is 0 Å². The number of para-hydroxylation sites is 2. The van der Waals surface area contributed by atoms with Gasteiger partial charge in [0.25, 0.3) is 0 Å². The lowest BCUT2D eigenvalue weighted by atomic mass is 9.99. The van der Waals surface area contributed by atoms with Gasteiger partial charge in [0.1, 0.15) is 0 Å². The third-order valence-electron chi connectivity index (χ3n) is 12.5. The van der Waals surface area contributed by atoms with Gasteiger partial charge in [-0.25, -0.2) is 9.97 Å². The summed E-state index contributed by atoms with van der Waals surface area (Å²) >= 11 is 1.77. The number of benzene rings is 9. The van der Waals surface area contributed by atoms with E-state index in [-0.39, 0.29) is 0 Å². The molecule has 0 atom stereocenters. The van der Waals surface area contributed by atoms with Gasteiger partial charge >= 0.3 is 0 Å². The molecule has 13 rings (SSSR count). The zero-order valence-corrected chi connectivity index (χ0v) is 34.8. The summed E-state index contributed by atoms with van der Waals surface area (Å²) in [6.45, 7) is 0. The Labute approximate surface area is 367 Å². The molecule has 63 heavy (non-hydrogen) atoms. The maximum Gasteiger partial charge on any atom is 0.235 e. The van der Waals surface area contributed by atoms with Gasteiger partial charge in [-0.15, -0.1) is 11.3 Å². The van der Waals surface area contributed by atoms with Gasteiger partial charge in [-0.3, -0.25) is 4.57 Å². The maximum atomic E-state index is 5.64. The number of fused-ring (bicyclic) bond motifs is 9. The van der Waals surface area contributed by atoms with Crippen molar-refractivity contribution in [3.8, 4) is 55.6 Å². The molecule has 294 valence electrons. The standard InChI is InChI=1S/C58H36N4S/c1-5-18-38(19-6-1)52-55-57(63-56(52)40-22-9-3-10-23-40)54(39-20-7-2-8-21-39)59-58(60-55)62-50-33-31-42(36-47(50)53-44-26-14-13-17-37(44)29-34-51(53)62)41-30-32-49-46(35-41)45-27-15-16-28-48(45)61(49)43-24-11-4-12-25-43/h1-36H. The first-order valence-corrected chi connectivity index (χ1v) is 22.1. The summed E-state index contributed by atoms with van der Waals surface area (Å²) < 4.78 is 5.73. The summed E-state index contributed by atoms with van der Waals surface area (Å²) in [6.07, 6.45) is 0. The highest BCUT2D eigenvalue weighted by Gasteiger charge is 2.25. The first kappa shape index (κ1) is 35.6. The summed E-state index contributed by atoms with van der Waals surface area (Å²) in [5, 5.41) is 7.22. The highest BCUT2D eigenvalue weighted by molar-refractivity contribution is 7.23. The topological polar surface area (TPSA) is 35.6 Å². The Kier molecular flexibility index (Phi) is 8.05. The van der Waals surface area contributed by atoms with Crippen molar-refractivity contribution in [3.05, 3.63) is 218 Å². The molecule has 0 radical (unpaired) electrons. The average Bonchev–Trinajstić information content (AvgIpc) is 4.02. The van der Waals surface area contributed by atoms with Gasteiger partial charge in [-0.05, 0) is 81.6 Å². The SMILES string of the molecule is c1ccc(-c2sc3c(-c4ccccc4)nc(-n4c5ccc(-c6ccc7c(c6)c6ccccc6n7-c6ccccc6)cc5c5c6ccccc6ccc54)nc3c2-c2ccccc2)cc1. The Morgan fingerprint density at radius 1 is 0.365 bits per heavy atom. The highest BCUT2D eigenvalue weighted by Crippen LogP contribution is 2.48. The second kappa shape index (κ2) is 14.2. The van der Waals surface area contributed by atoms with E-state index in [4.69, 9.17) is 9.97 Å². The lowest BCUT2D eigenvalue weighted by Crippen LogP contribution is -2.03. The first-order valence-electron chi connectivity index (χ1n) is 21.3. The average molecular weight is 821 g/mol. The van der Waals surface area contributed by atoms with Crippen molar-refractivity contribution in [1.82, 2.24) is 19.1 Å². The number of hydrogen-bond donors (Lipinski definition) is 0. The largest absolute Gasteiger partial charge is 0.309 e. The fourth-order valence-electron chi connectivity index (χ4n) is 9.72. The fourth-order valence-corrected chi connectivity index (χ4v) is 11.0. The molecular weight excluding hydrogens is 785 g/mol. The molecule has 4 aromatic heterocycles. The van der Waals surface area contributed by atoms with Crippen LogP contribution in [0.25, 0.3) is 120 Å². The van der Waals surface area contributed by atoms with E-state index < -0.39 is 0 Å². The van der Waals surface area contributed by atoms with Crippen LogP contribution in [-0.4, -0.2) is 19.1 Å². The number of thiophene rings is 1. The molecule has 4 heterocycles. The van der Waals surface area contributed by atoms with Crippen molar-refractivity contribution in [2.75, 3.05) is 0 Å². The minimum absolute atomic E-state index is 0.647. The Morgan fingerprint density at radius 3 is 1.65 bits per heavy atom. The molecule has 0 fully saturated rings. The van der Waals surface area contributed by atoms with Crippen molar-refractivity contribution in [2.45, 2.75) is 0 Å². The molecule has 0 bridgehead atoms. The molecule has 0 unspecified atom stereocenters. The van der Waals surface area contributed by atoms with Crippen LogP contribution in [0.15, 0.2) is 218 Å². The quantitative estimate of drug-likeness (QED) is 0.167. The predicted octanol–water partition coefficient (Wildman–Crippen LogP) is 15.7. The summed E-state index contributed by atoms with van der Waals surface area (Å²) in [7, 11) is 0. The molecule has 0 amide bonds. The molecule has 0 saturated carbocycles. The van der Waals surface area contributed by atoms with Crippen LogP contribution in [0.4, 0.5) is 0 Å². The first-order chi connectivity index (χ1) is 31.3. The molecule has 4 nitrogen and oxygen atoms in total. The molecule has 0 aliphatic rings. The number of nitrogens with zero attached hydrogens (tertiary/aromatic N) is 4. The van der Waals surface area contributed by atoms with Crippen LogP contribution in [0.5, 0.6) is 0 Å². The van der Waals surface area contributed by atoms with Gasteiger partial charge in [-0.2, -0.15) is 0 Å². The van der Waals surface area contributed by atoms with Crippen LogP contribution in [-0.2, 0) is 0 Å². The molecule has 0 aliphatic heterocycles. The van der Waals surface area contributed by atoms with Crippen LogP contribution in [0, 0.1) is 0 Å². The zero-order chi connectivity index (χ0) is 41.4. The molecule has 0 spiro atoms. The summed E-state index contributed by atoms with van der Waals surface area (Å²) in [6, 6.07) is 78.4. The van der Waals surface area contributed by atoms with Crippen molar-refractivity contribution in [3.63, 3.8) is 0 Å². The Morgan fingerprint density at radius 2 is 0.921 bits per heavy atom. The number of rotatable bonds is 6. The second-order valence-corrected chi connectivity index (χ2v) is 17.1. The summed E-state index contributed by atoms with van der Waals surface area (Å²) in [4.78, 5) is 12.4. The van der Waals surface area contributed by atoms with E-state index in [1.807, 2.05) is 0 Å². The second-order valence-electron chi connectivity index (χ2n) is 16.1. The van der Waals surface area contributed by atoms with E-state index in [9.17, 15) is 0 Å². The third kappa shape index (κ3) is 5.60. The van der Waals surface area contributed by atoms with Crippen LogP contribution in [0.3, 0.4) is 0 Å². The third-order valence-corrected chi connectivity index (χ3v) is 13.8. The van der Waals surface area contributed by atoms with Crippen LogP contribution in [0.1, 0.15) is 0 Å². The lowest BCUT2D eigenvalue weighted by molar-refractivity contribution is 1.02. The van der Waals surface area contributed by atoms with Crippen molar-refractivity contribution < 1.29 is 0 Å². The number of hydrogen-bond acceptors (Lipinski definition) is 3. The molecule has 0 saturated heterocycles. The predicted molar refractivity (Wildman–Crippen MR) is 265 cm³/mol. The van der Waals surface area contributed by atoms with Crippen molar-refractivity contribution in [1.29, 1.82) is 0 Å². The molecule has 0 aliphatic carbocycles. The Bertz CT molecular complexity index is 3890.